The number of nitrogens with one attached hydrogen (secondary N) is 1. The number of ether oxygens (including phenoxy) is 2. The van der Waals surface area contributed by atoms with Gasteiger partial charge in [-0.2, -0.15) is 0 Å². The van der Waals surface area contributed by atoms with Gasteiger partial charge < -0.3 is 30.1 Å². The van der Waals surface area contributed by atoms with E-state index in [4.69, 9.17) is 9.47 Å². The highest BCUT2D eigenvalue weighted by Crippen LogP contribution is 2.44. The van der Waals surface area contributed by atoms with Gasteiger partial charge >= 0.3 is 0 Å². The quantitative estimate of drug-likeness (QED) is 0.239. The van der Waals surface area contributed by atoms with Crippen molar-refractivity contribution in [3.63, 3.8) is 0 Å². The molecule has 2 aliphatic heterocycles. The highest BCUT2D eigenvalue weighted by atomic mass is 16.6. The molecule has 0 saturated carbocycles. The van der Waals surface area contributed by atoms with Crippen LogP contribution in [0.1, 0.15) is 24.2 Å². The Morgan fingerprint density at radius 1 is 1.22 bits per heavy atom. The molecule has 10 nitrogen and oxygen atoms in total. The standard InChI is InChI=1S/C22H23NO9/c1-11(24)9-10-14(25)15(26)16-12(2)17(27)21(32-16)19(29)22(31-3,23-20(21)30)18(28)13-7-5-4-6-8-13/h4-10,14-15,19,25-26,29H,1-3H3,(H,23,30)/t14-,15-,19+,21+,22+/m0/s1. The van der Waals surface area contributed by atoms with E-state index in [2.05, 4.69) is 5.32 Å². The number of methoxy groups -OCH3 is 1. The zero-order valence-electron chi connectivity index (χ0n) is 17.6. The Balaban J connectivity index is 1.98. The monoisotopic (exact) mass is 445 g/mol. The van der Waals surface area contributed by atoms with Crippen molar-refractivity contribution >= 4 is 23.3 Å². The number of amides is 1. The van der Waals surface area contributed by atoms with Crippen LogP contribution in [0.15, 0.2) is 53.8 Å². The molecule has 2 heterocycles. The number of ketones is 3. The number of carbonyl (C=O) groups is 4. The zero-order chi connectivity index (χ0) is 23.8. The molecule has 5 atom stereocenters. The van der Waals surface area contributed by atoms with Crippen LogP contribution in [0.3, 0.4) is 0 Å². The number of aliphatic hydroxyl groups excluding tert-OH is 3. The molecule has 1 aromatic rings. The number of allylic oxidation sites excluding steroid dienone is 1. The summed E-state index contributed by atoms with van der Waals surface area (Å²) in [4.78, 5) is 50.3. The lowest BCUT2D eigenvalue weighted by Crippen LogP contribution is -2.60. The molecule has 4 N–H and O–H groups in total. The number of rotatable bonds is 7. The van der Waals surface area contributed by atoms with Crippen molar-refractivity contribution in [2.45, 2.75) is 43.5 Å². The third kappa shape index (κ3) is 3.37. The van der Waals surface area contributed by atoms with Crippen LogP contribution in [0.2, 0.25) is 0 Å². The van der Waals surface area contributed by atoms with Gasteiger partial charge in [-0.05, 0) is 26.0 Å². The molecule has 3 rings (SSSR count). The van der Waals surface area contributed by atoms with E-state index in [9.17, 15) is 34.5 Å². The molecule has 0 aromatic heterocycles. The SMILES string of the molecule is CO[C@@]1(C(=O)c2ccccc2)NC(=O)[C@]2(OC([C@@H](O)[C@@H](O)C=CC(C)=O)=C(C)C2=O)[C@H]1O. The normalized spacial score (nSPS) is 29.4. The number of benzene rings is 1. The topological polar surface area (TPSA) is 159 Å². The van der Waals surface area contributed by atoms with Gasteiger partial charge in [0.15, 0.2) is 11.9 Å². The molecule has 1 aromatic carbocycles. The van der Waals surface area contributed by atoms with Crippen molar-refractivity contribution in [1.29, 1.82) is 0 Å². The molecular weight excluding hydrogens is 422 g/mol. The van der Waals surface area contributed by atoms with Crippen molar-refractivity contribution in [2.24, 2.45) is 0 Å². The molecule has 0 unspecified atom stereocenters. The fraction of sp³-hybridized carbons (Fsp3) is 0.364. The van der Waals surface area contributed by atoms with Gasteiger partial charge in [0.05, 0.1) is 0 Å². The predicted molar refractivity (Wildman–Crippen MR) is 108 cm³/mol. The van der Waals surface area contributed by atoms with Crippen molar-refractivity contribution in [2.75, 3.05) is 7.11 Å². The summed E-state index contributed by atoms with van der Waals surface area (Å²) in [5.74, 6) is -3.82. The van der Waals surface area contributed by atoms with Gasteiger partial charge in [-0.1, -0.05) is 30.3 Å². The number of aliphatic hydroxyl groups is 3. The number of carbonyl (C=O) groups excluding carboxylic acids is 4. The summed E-state index contributed by atoms with van der Waals surface area (Å²) in [6.45, 7) is 2.47. The number of hydrogen-bond acceptors (Lipinski definition) is 9. The van der Waals surface area contributed by atoms with E-state index in [1.54, 1.807) is 18.2 Å². The van der Waals surface area contributed by atoms with E-state index in [1.807, 2.05) is 0 Å². The first-order valence-electron chi connectivity index (χ1n) is 9.68. The van der Waals surface area contributed by atoms with Crippen LogP contribution >= 0.6 is 0 Å². The van der Waals surface area contributed by atoms with E-state index in [-0.39, 0.29) is 11.1 Å². The zero-order valence-corrected chi connectivity index (χ0v) is 17.6. The van der Waals surface area contributed by atoms with Gasteiger partial charge in [0.1, 0.15) is 18.0 Å². The maximum atomic E-state index is 13.1. The highest BCUT2D eigenvalue weighted by molar-refractivity contribution is 6.23. The summed E-state index contributed by atoms with van der Waals surface area (Å²) in [6.07, 6.45) is -3.59. The third-order valence-electron chi connectivity index (χ3n) is 5.54. The molecule has 170 valence electrons. The lowest BCUT2D eigenvalue weighted by Gasteiger charge is -2.32. The molecule has 2 aliphatic rings. The molecule has 1 spiro atoms. The van der Waals surface area contributed by atoms with E-state index in [0.29, 0.717) is 0 Å². The van der Waals surface area contributed by atoms with E-state index < -0.39 is 58.7 Å². The number of Topliss-reactive ketones (excluding diaryl/α,β-unsaturated/α-hetero) is 2. The van der Waals surface area contributed by atoms with Crippen LogP contribution in [0, 0.1) is 0 Å². The lowest BCUT2D eigenvalue weighted by molar-refractivity contribution is -0.163. The smallest absolute Gasteiger partial charge is 0.278 e. The minimum atomic E-state index is -2.61. The van der Waals surface area contributed by atoms with Crippen LogP contribution in [-0.4, -0.2) is 75.3 Å². The summed E-state index contributed by atoms with van der Waals surface area (Å²) >= 11 is 0. The molecule has 0 aliphatic carbocycles. The van der Waals surface area contributed by atoms with Crippen molar-refractivity contribution < 1.29 is 44.0 Å². The Morgan fingerprint density at radius 3 is 2.41 bits per heavy atom. The second kappa shape index (κ2) is 8.40. The van der Waals surface area contributed by atoms with Crippen molar-refractivity contribution in [3.05, 3.63) is 59.4 Å². The maximum Gasteiger partial charge on any atom is 0.278 e. The molecule has 32 heavy (non-hydrogen) atoms. The molecule has 10 heteroatoms. The average molecular weight is 445 g/mol. The van der Waals surface area contributed by atoms with Gasteiger partial charge in [-0.25, -0.2) is 0 Å². The largest absolute Gasteiger partial charge is 0.467 e. The molecule has 1 saturated heterocycles. The third-order valence-corrected chi connectivity index (χ3v) is 5.54. The summed E-state index contributed by atoms with van der Waals surface area (Å²) in [5.41, 5.74) is -5.07. The molecule has 1 amide bonds. The highest BCUT2D eigenvalue weighted by Gasteiger charge is 2.74. The van der Waals surface area contributed by atoms with Crippen LogP contribution in [-0.2, 0) is 23.9 Å². The summed E-state index contributed by atoms with van der Waals surface area (Å²) in [5, 5.41) is 33.9. The van der Waals surface area contributed by atoms with Gasteiger partial charge in [0.25, 0.3) is 11.5 Å². The van der Waals surface area contributed by atoms with Crippen molar-refractivity contribution in [1.82, 2.24) is 5.32 Å². The fourth-order valence-electron chi connectivity index (χ4n) is 3.77. The second-order valence-corrected chi connectivity index (χ2v) is 7.55. The van der Waals surface area contributed by atoms with Crippen LogP contribution in [0.25, 0.3) is 0 Å². The molecule has 0 radical (unpaired) electrons. The van der Waals surface area contributed by atoms with Gasteiger partial charge in [-0.3, -0.25) is 19.2 Å². The van der Waals surface area contributed by atoms with Crippen LogP contribution in [0.4, 0.5) is 0 Å². The summed E-state index contributed by atoms with van der Waals surface area (Å²) in [6, 6.07) is 7.70. The summed E-state index contributed by atoms with van der Waals surface area (Å²) in [7, 11) is 1.08. The minimum absolute atomic E-state index is 0.103. The average Bonchev–Trinajstić information content (AvgIpc) is 3.18. The summed E-state index contributed by atoms with van der Waals surface area (Å²) < 4.78 is 10.7. The fourth-order valence-corrected chi connectivity index (χ4v) is 3.77. The Hall–Kier alpha value is -3.18. The van der Waals surface area contributed by atoms with Crippen molar-refractivity contribution in [3.8, 4) is 0 Å². The number of hydrogen-bond donors (Lipinski definition) is 4. The van der Waals surface area contributed by atoms with E-state index in [0.717, 1.165) is 19.3 Å². The van der Waals surface area contributed by atoms with E-state index in [1.165, 1.54) is 26.0 Å². The maximum absolute atomic E-state index is 13.1. The Kier molecular flexibility index (Phi) is 6.16. The molecule has 1 fully saturated rings. The second-order valence-electron chi connectivity index (χ2n) is 7.55. The molecular formula is C22H23NO9. The van der Waals surface area contributed by atoms with Gasteiger partial charge in [0.2, 0.25) is 17.3 Å². The Labute approximate surface area is 183 Å². The Bertz CT molecular complexity index is 1030. The van der Waals surface area contributed by atoms with Gasteiger partial charge in [0, 0.05) is 18.2 Å². The first-order valence-corrected chi connectivity index (χ1v) is 9.68. The van der Waals surface area contributed by atoms with Crippen LogP contribution < -0.4 is 5.32 Å². The first kappa shape index (κ1) is 23.5. The first-order chi connectivity index (χ1) is 15.0. The minimum Gasteiger partial charge on any atom is -0.467 e. The molecule has 0 bridgehead atoms. The lowest BCUT2D eigenvalue weighted by atomic mass is 9.85. The van der Waals surface area contributed by atoms with Crippen LogP contribution in [0.5, 0.6) is 0 Å². The van der Waals surface area contributed by atoms with E-state index >= 15 is 0 Å². The predicted octanol–water partition coefficient (Wildman–Crippen LogP) is -0.818. The Morgan fingerprint density at radius 2 is 1.84 bits per heavy atom. The van der Waals surface area contributed by atoms with Gasteiger partial charge in [-0.15, -0.1) is 0 Å².